The first-order chi connectivity index (χ1) is 9.16. The smallest absolute Gasteiger partial charge is 0.237 e. The zero-order chi connectivity index (χ0) is 13.7. The third-order valence-corrected chi connectivity index (χ3v) is 3.74. The fourth-order valence-corrected chi connectivity index (χ4v) is 2.37. The predicted molar refractivity (Wildman–Crippen MR) is 74.6 cm³/mol. The molecular weight excluding hydrogens is 240 g/mol. The van der Waals surface area contributed by atoms with Gasteiger partial charge in [0.15, 0.2) is 0 Å². The van der Waals surface area contributed by atoms with Crippen molar-refractivity contribution < 1.29 is 9.90 Å². The van der Waals surface area contributed by atoms with E-state index in [1.165, 1.54) is 0 Å². The number of aliphatic hydroxyl groups excluding tert-OH is 1. The molecule has 1 atom stereocenters. The molecule has 0 saturated carbocycles. The summed E-state index contributed by atoms with van der Waals surface area (Å²) >= 11 is 0. The molecule has 1 aromatic rings. The van der Waals surface area contributed by atoms with E-state index in [1.807, 2.05) is 37.3 Å². The standard InChI is InChI=1S/C15H22N2O2/c1-12(17-9-7-14(18)8-10-17)15(19)16-11-13-5-3-2-4-6-13/h2-6,12,14,18H,7-11H2,1H3,(H,16,19)/t12-/m1/s1. The topological polar surface area (TPSA) is 52.6 Å². The number of hydrogen-bond acceptors (Lipinski definition) is 3. The Hall–Kier alpha value is -1.39. The number of nitrogens with one attached hydrogen (secondary N) is 1. The number of piperidine rings is 1. The predicted octanol–water partition coefficient (Wildman–Crippen LogP) is 1.15. The highest BCUT2D eigenvalue weighted by Crippen LogP contribution is 2.13. The summed E-state index contributed by atoms with van der Waals surface area (Å²) in [6, 6.07) is 9.78. The highest BCUT2D eigenvalue weighted by atomic mass is 16.3. The molecule has 2 rings (SSSR count). The summed E-state index contributed by atoms with van der Waals surface area (Å²) in [4.78, 5) is 14.2. The Labute approximate surface area is 114 Å². The van der Waals surface area contributed by atoms with E-state index in [1.54, 1.807) is 0 Å². The SMILES string of the molecule is C[C@H](C(=O)NCc1ccccc1)N1CCC(O)CC1. The number of aliphatic hydroxyl groups is 1. The minimum Gasteiger partial charge on any atom is -0.393 e. The van der Waals surface area contributed by atoms with Crippen LogP contribution in [0.3, 0.4) is 0 Å². The lowest BCUT2D eigenvalue weighted by Gasteiger charge is -2.33. The summed E-state index contributed by atoms with van der Waals surface area (Å²) < 4.78 is 0. The summed E-state index contributed by atoms with van der Waals surface area (Å²) in [6.45, 7) is 4.08. The summed E-state index contributed by atoms with van der Waals surface area (Å²) in [6.07, 6.45) is 1.32. The zero-order valence-corrected chi connectivity index (χ0v) is 11.4. The van der Waals surface area contributed by atoms with Crippen LogP contribution in [-0.4, -0.2) is 41.1 Å². The minimum absolute atomic E-state index is 0.0558. The monoisotopic (exact) mass is 262 g/mol. The summed E-state index contributed by atoms with van der Waals surface area (Å²) in [7, 11) is 0. The van der Waals surface area contributed by atoms with Crippen molar-refractivity contribution in [3.8, 4) is 0 Å². The second-order valence-corrected chi connectivity index (χ2v) is 5.15. The average Bonchev–Trinajstić information content (AvgIpc) is 2.46. The molecule has 4 nitrogen and oxygen atoms in total. The first-order valence-electron chi connectivity index (χ1n) is 6.90. The van der Waals surface area contributed by atoms with Crippen molar-refractivity contribution >= 4 is 5.91 Å². The van der Waals surface area contributed by atoms with E-state index in [2.05, 4.69) is 10.2 Å². The first kappa shape index (κ1) is 14.0. The molecule has 0 radical (unpaired) electrons. The van der Waals surface area contributed by atoms with Crippen LogP contribution in [-0.2, 0) is 11.3 Å². The molecule has 0 bridgehead atoms. The van der Waals surface area contributed by atoms with E-state index in [4.69, 9.17) is 0 Å². The fraction of sp³-hybridized carbons (Fsp3) is 0.533. The number of benzene rings is 1. The summed E-state index contributed by atoms with van der Waals surface area (Å²) in [5.41, 5.74) is 1.11. The molecule has 104 valence electrons. The molecule has 0 spiro atoms. The second kappa shape index (κ2) is 6.68. The third kappa shape index (κ3) is 4.04. The van der Waals surface area contributed by atoms with Crippen molar-refractivity contribution in [1.29, 1.82) is 0 Å². The van der Waals surface area contributed by atoms with E-state index in [-0.39, 0.29) is 18.1 Å². The Balaban J connectivity index is 1.79. The van der Waals surface area contributed by atoms with Gasteiger partial charge in [-0.05, 0) is 25.3 Å². The molecule has 1 heterocycles. The highest BCUT2D eigenvalue weighted by Gasteiger charge is 2.25. The normalized spacial score (nSPS) is 19.1. The van der Waals surface area contributed by atoms with Crippen LogP contribution in [0.15, 0.2) is 30.3 Å². The number of rotatable bonds is 4. The van der Waals surface area contributed by atoms with Crippen LogP contribution in [0.25, 0.3) is 0 Å². The van der Waals surface area contributed by atoms with Gasteiger partial charge in [-0.15, -0.1) is 0 Å². The van der Waals surface area contributed by atoms with Gasteiger partial charge >= 0.3 is 0 Å². The largest absolute Gasteiger partial charge is 0.393 e. The fourth-order valence-electron chi connectivity index (χ4n) is 2.37. The molecule has 2 N–H and O–H groups in total. The summed E-state index contributed by atoms with van der Waals surface area (Å²) in [5, 5.41) is 12.4. The Morgan fingerprint density at radius 2 is 2.00 bits per heavy atom. The van der Waals surface area contributed by atoms with Crippen LogP contribution in [0.1, 0.15) is 25.3 Å². The Morgan fingerprint density at radius 1 is 1.37 bits per heavy atom. The quantitative estimate of drug-likeness (QED) is 0.856. The van der Waals surface area contributed by atoms with Crippen LogP contribution >= 0.6 is 0 Å². The Morgan fingerprint density at radius 3 is 2.63 bits per heavy atom. The number of hydrogen-bond donors (Lipinski definition) is 2. The van der Waals surface area contributed by atoms with Crippen LogP contribution in [0.4, 0.5) is 0 Å². The number of carbonyl (C=O) groups is 1. The van der Waals surface area contributed by atoms with Gasteiger partial charge in [-0.25, -0.2) is 0 Å². The number of likely N-dealkylation sites (tertiary alicyclic amines) is 1. The molecule has 0 aliphatic carbocycles. The lowest BCUT2D eigenvalue weighted by Crippen LogP contribution is -2.48. The lowest BCUT2D eigenvalue weighted by atomic mass is 10.1. The van der Waals surface area contributed by atoms with Gasteiger partial charge in [-0.1, -0.05) is 30.3 Å². The van der Waals surface area contributed by atoms with Crippen LogP contribution in [0, 0.1) is 0 Å². The van der Waals surface area contributed by atoms with Crippen molar-refractivity contribution in [3.63, 3.8) is 0 Å². The number of nitrogens with zero attached hydrogens (tertiary/aromatic N) is 1. The third-order valence-electron chi connectivity index (χ3n) is 3.74. The number of carbonyl (C=O) groups excluding carboxylic acids is 1. The molecule has 1 amide bonds. The van der Waals surface area contributed by atoms with Gasteiger partial charge in [0.05, 0.1) is 12.1 Å². The van der Waals surface area contributed by atoms with Crippen molar-refractivity contribution in [3.05, 3.63) is 35.9 Å². The lowest BCUT2D eigenvalue weighted by molar-refractivity contribution is -0.126. The molecule has 19 heavy (non-hydrogen) atoms. The number of amides is 1. The molecule has 1 fully saturated rings. The van der Waals surface area contributed by atoms with E-state index in [0.717, 1.165) is 31.5 Å². The van der Waals surface area contributed by atoms with Crippen LogP contribution in [0.2, 0.25) is 0 Å². The van der Waals surface area contributed by atoms with Gasteiger partial charge in [-0.3, -0.25) is 9.69 Å². The van der Waals surface area contributed by atoms with Crippen molar-refractivity contribution in [2.45, 2.75) is 38.5 Å². The van der Waals surface area contributed by atoms with Gasteiger partial charge in [0.1, 0.15) is 0 Å². The van der Waals surface area contributed by atoms with Crippen LogP contribution in [0.5, 0.6) is 0 Å². The first-order valence-corrected chi connectivity index (χ1v) is 6.90. The Bertz CT molecular complexity index is 400. The molecule has 1 aliphatic rings. The van der Waals surface area contributed by atoms with Gasteiger partial charge in [0, 0.05) is 19.6 Å². The summed E-state index contributed by atoms with van der Waals surface area (Å²) in [5.74, 6) is 0.0558. The molecule has 0 aromatic heterocycles. The van der Waals surface area contributed by atoms with E-state index in [9.17, 15) is 9.90 Å². The molecule has 1 saturated heterocycles. The second-order valence-electron chi connectivity index (χ2n) is 5.15. The van der Waals surface area contributed by atoms with Crippen LogP contribution < -0.4 is 5.32 Å². The van der Waals surface area contributed by atoms with E-state index >= 15 is 0 Å². The zero-order valence-electron chi connectivity index (χ0n) is 11.4. The van der Waals surface area contributed by atoms with Gasteiger partial charge in [0.25, 0.3) is 0 Å². The van der Waals surface area contributed by atoms with E-state index < -0.39 is 0 Å². The van der Waals surface area contributed by atoms with Crippen molar-refractivity contribution in [1.82, 2.24) is 10.2 Å². The maximum Gasteiger partial charge on any atom is 0.237 e. The van der Waals surface area contributed by atoms with Crippen molar-refractivity contribution in [2.75, 3.05) is 13.1 Å². The highest BCUT2D eigenvalue weighted by molar-refractivity contribution is 5.81. The minimum atomic E-state index is -0.198. The van der Waals surface area contributed by atoms with Crippen molar-refractivity contribution in [2.24, 2.45) is 0 Å². The van der Waals surface area contributed by atoms with Gasteiger partial charge in [-0.2, -0.15) is 0 Å². The van der Waals surface area contributed by atoms with E-state index in [0.29, 0.717) is 6.54 Å². The average molecular weight is 262 g/mol. The van der Waals surface area contributed by atoms with Gasteiger partial charge in [0.2, 0.25) is 5.91 Å². The maximum atomic E-state index is 12.1. The molecular formula is C15H22N2O2. The Kier molecular flexibility index (Phi) is 4.93. The molecule has 0 unspecified atom stereocenters. The molecule has 1 aromatic carbocycles. The van der Waals surface area contributed by atoms with Gasteiger partial charge < -0.3 is 10.4 Å². The maximum absolute atomic E-state index is 12.1. The molecule has 4 heteroatoms. The molecule has 1 aliphatic heterocycles.